The van der Waals surface area contributed by atoms with E-state index < -0.39 is 0 Å². The summed E-state index contributed by atoms with van der Waals surface area (Å²) in [5.41, 5.74) is 3.19. The van der Waals surface area contributed by atoms with Gasteiger partial charge in [-0.2, -0.15) is 9.90 Å². The minimum atomic E-state index is -0.306. The van der Waals surface area contributed by atoms with E-state index in [9.17, 15) is 9.59 Å². The van der Waals surface area contributed by atoms with Gasteiger partial charge in [-0.3, -0.25) is 10.1 Å². The normalized spacial score (nSPS) is 12.7. The van der Waals surface area contributed by atoms with Crippen LogP contribution in [0.3, 0.4) is 0 Å². The molecule has 2 heterocycles. The fourth-order valence-corrected chi connectivity index (χ4v) is 2.63. The van der Waals surface area contributed by atoms with Crippen molar-refractivity contribution in [2.24, 2.45) is 0 Å². The highest BCUT2D eigenvalue weighted by atomic mass is 16.2. The van der Waals surface area contributed by atoms with E-state index >= 15 is 0 Å². The maximum absolute atomic E-state index is 12.2. The second kappa shape index (κ2) is 6.80. The Labute approximate surface area is 145 Å². The Morgan fingerprint density at radius 2 is 2.08 bits per heavy atom. The third-order valence-corrected chi connectivity index (χ3v) is 3.95. The first kappa shape index (κ1) is 16.7. The van der Waals surface area contributed by atoms with Gasteiger partial charge in [-0.1, -0.05) is 0 Å². The number of fused-ring (bicyclic) bond motifs is 1. The predicted molar refractivity (Wildman–Crippen MR) is 94.8 cm³/mol. The molecule has 0 saturated heterocycles. The van der Waals surface area contributed by atoms with Gasteiger partial charge in [0.15, 0.2) is 5.82 Å². The van der Waals surface area contributed by atoms with Crippen molar-refractivity contribution in [3.05, 3.63) is 30.0 Å². The summed E-state index contributed by atoms with van der Waals surface area (Å²) in [4.78, 5) is 28.5. The topological polar surface area (TPSA) is 95.4 Å². The maximum Gasteiger partial charge on any atom is 0.322 e. The highest BCUT2D eigenvalue weighted by Crippen LogP contribution is 2.29. The smallest absolute Gasteiger partial charge is 0.322 e. The van der Waals surface area contributed by atoms with Gasteiger partial charge in [0.2, 0.25) is 5.91 Å². The quantitative estimate of drug-likeness (QED) is 0.864. The highest BCUT2D eigenvalue weighted by molar-refractivity contribution is 5.91. The largest absolute Gasteiger partial charge is 0.374 e. The monoisotopic (exact) mass is 343 g/mol. The number of anilines is 3. The van der Waals surface area contributed by atoms with Gasteiger partial charge in [-0.05, 0) is 30.2 Å². The van der Waals surface area contributed by atoms with E-state index in [0.29, 0.717) is 5.82 Å². The lowest BCUT2D eigenvalue weighted by Gasteiger charge is -2.12. The number of benzene rings is 1. The fraction of sp³-hybridized carbons (Fsp3) is 0.375. The van der Waals surface area contributed by atoms with E-state index in [1.807, 2.05) is 18.2 Å². The molecule has 25 heavy (non-hydrogen) atoms. The SMILES string of the molecule is CN(C)C(=O)Nc1cnn(CC(=O)Nc2ccc3c(c2)CCN3C)n1. The molecule has 9 heteroatoms. The standard InChI is InChI=1S/C16H21N7O2/c1-21(2)16(25)19-14-9-17-23(20-14)10-15(24)18-12-4-5-13-11(8-12)6-7-22(13)3/h4-5,8-9H,6-7,10H2,1-3H3,(H,18,24)(H,19,20,25). The Hall–Kier alpha value is -3.10. The van der Waals surface area contributed by atoms with Crippen LogP contribution in [0.1, 0.15) is 5.56 Å². The molecule has 0 fully saturated rings. The molecule has 0 atom stereocenters. The number of hydrogen-bond donors (Lipinski definition) is 2. The average molecular weight is 343 g/mol. The van der Waals surface area contributed by atoms with Crippen LogP contribution in [0.2, 0.25) is 0 Å². The first-order valence-electron chi connectivity index (χ1n) is 7.95. The summed E-state index contributed by atoms with van der Waals surface area (Å²) in [6.45, 7) is 0.959. The molecule has 0 unspecified atom stereocenters. The lowest BCUT2D eigenvalue weighted by atomic mass is 10.1. The minimum absolute atomic E-state index is 0.0329. The Morgan fingerprint density at radius 3 is 2.84 bits per heavy atom. The molecule has 9 nitrogen and oxygen atoms in total. The van der Waals surface area contributed by atoms with Gasteiger partial charge in [0.25, 0.3) is 0 Å². The zero-order valence-corrected chi connectivity index (χ0v) is 14.5. The van der Waals surface area contributed by atoms with Crippen LogP contribution in [0.15, 0.2) is 24.4 Å². The summed E-state index contributed by atoms with van der Waals surface area (Å²) in [6, 6.07) is 5.59. The van der Waals surface area contributed by atoms with E-state index in [4.69, 9.17) is 0 Å². The Morgan fingerprint density at radius 1 is 1.28 bits per heavy atom. The summed E-state index contributed by atoms with van der Waals surface area (Å²) in [7, 11) is 5.31. The van der Waals surface area contributed by atoms with Crippen molar-refractivity contribution in [3.63, 3.8) is 0 Å². The Kier molecular flexibility index (Phi) is 4.55. The van der Waals surface area contributed by atoms with Gasteiger partial charge in [0, 0.05) is 39.1 Å². The molecule has 1 aromatic carbocycles. The van der Waals surface area contributed by atoms with Crippen molar-refractivity contribution in [3.8, 4) is 0 Å². The highest BCUT2D eigenvalue weighted by Gasteiger charge is 2.16. The van der Waals surface area contributed by atoms with Crippen LogP contribution in [0.5, 0.6) is 0 Å². The van der Waals surface area contributed by atoms with E-state index in [2.05, 4.69) is 32.8 Å². The lowest BCUT2D eigenvalue weighted by Crippen LogP contribution is -2.27. The molecule has 0 spiro atoms. The molecule has 1 aliphatic heterocycles. The van der Waals surface area contributed by atoms with Crippen LogP contribution in [-0.2, 0) is 17.8 Å². The number of nitrogens with zero attached hydrogens (tertiary/aromatic N) is 5. The number of rotatable bonds is 4. The van der Waals surface area contributed by atoms with Crippen molar-refractivity contribution in [2.45, 2.75) is 13.0 Å². The Bertz CT molecular complexity index is 800. The third-order valence-electron chi connectivity index (χ3n) is 3.95. The number of nitrogens with one attached hydrogen (secondary N) is 2. The molecule has 0 bridgehead atoms. The van der Waals surface area contributed by atoms with Crippen LogP contribution in [-0.4, -0.2) is 59.5 Å². The predicted octanol–water partition coefficient (Wildman–Crippen LogP) is 1.00. The lowest BCUT2D eigenvalue weighted by molar-refractivity contribution is -0.117. The van der Waals surface area contributed by atoms with Gasteiger partial charge in [0.1, 0.15) is 6.54 Å². The molecule has 0 aliphatic carbocycles. The van der Waals surface area contributed by atoms with Crippen LogP contribution < -0.4 is 15.5 Å². The molecular weight excluding hydrogens is 322 g/mol. The first-order valence-corrected chi connectivity index (χ1v) is 7.95. The Balaban J connectivity index is 1.58. The number of likely N-dealkylation sites (N-methyl/N-ethyl adjacent to an activating group) is 1. The third kappa shape index (κ3) is 3.87. The number of hydrogen-bond acceptors (Lipinski definition) is 5. The molecule has 1 aromatic heterocycles. The van der Waals surface area contributed by atoms with Crippen molar-refractivity contribution < 1.29 is 9.59 Å². The molecule has 2 N–H and O–H groups in total. The summed E-state index contributed by atoms with van der Waals surface area (Å²) in [6.07, 6.45) is 2.38. The number of carbonyl (C=O) groups is 2. The van der Waals surface area contributed by atoms with Gasteiger partial charge >= 0.3 is 6.03 Å². The number of carbonyl (C=O) groups excluding carboxylic acids is 2. The number of amides is 3. The van der Waals surface area contributed by atoms with E-state index in [1.54, 1.807) is 14.1 Å². The van der Waals surface area contributed by atoms with Crippen LogP contribution in [0.25, 0.3) is 0 Å². The molecule has 3 amide bonds. The van der Waals surface area contributed by atoms with E-state index in [-0.39, 0.29) is 18.5 Å². The van der Waals surface area contributed by atoms with Gasteiger partial charge < -0.3 is 15.1 Å². The summed E-state index contributed by atoms with van der Waals surface area (Å²) in [5, 5.41) is 13.5. The van der Waals surface area contributed by atoms with Crippen molar-refractivity contribution in [1.82, 2.24) is 19.9 Å². The number of urea groups is 1. The van der Waals surface area contributed by atoms with Gasteiger partial charge in [-0.25, -0.2) is 4.79 Å². The number of aromatic nitrogens is 3. The minimum Gasteiger partial charge on any atom is -0.374 e. The van der Waals surface area contributed by atoms with E-state index in [1.165, 1.54) is 27.1 Å². The molecule has 3 rings (SSSR count). The zero-order chi connectivity index (χ0) is 18.0. The van der Waals surface area contributed by atoms with Gasteiger partial charge in [-0.15, -0.1) is 5.10 Å². The van der Waals surface area contributed by atoms with E-state index in [0.717, 1.165) is 18.7 Å². The zero-order valence-electron chi connectivity index (χ0n) is 14.5. The fourth-order valence-electron chi connectivity index (χ4n) is 2.63. The summed E-state index contributed by atoms with van der Waals surface area (Å²) >= 11 is 0. The maximum atomic E-state index is 12.2. The second-order valence-corrected chi connectivity index (χ2v) is 6.15. The van der Waals surface area contributed by atoms with Crippen molar-refractivity contribution in [2.75, 3.05) is 43.2 Å². The summed E-state index contributed by atoms with van der Waals surface area (Å²) < 4.78 is 0. The molecule has 1 aliphatic rings. The van der Waals surface area contributed by atoms with Crippen LogP contribution in [0.4, 0.5) is 22.0 Å². The summed E-state index contributed by atoms with van der Waals surface area (Å²) in [5.74, 6) is 0.0689. The molecule has 0 saturated carbocycles. The average Bonchev–Trinajstić information content (AvgIpc) is 3.14. The van der Waals surface area contributed by atoms with Gasteiger partial charge in [0.05, 0.1) is 6.20 Å². The van der Waals surface area contributed by atoms with Crippen LogP contribution in [0, 0.1) is 0 Å². The first-order chi connectivity index (χ1) is 11.9. The van der Waals surface area contributed by atoms with Crippen molar-refractivity contribution >= 4 is 29.1 Å². The van der Waals surface area contributed by atoms with Crippen LogP contribution >= 0.6 is 0 Å². The molecule has 132 valence electrons. The molecular formula is C16H21N7O2. The van der Waals surface area contributed by atoms with Crippen molar-refractivity contribution in [1.29, 1.82) is 0 Å². The second-order valence-electron chi connectivity index (χ2n) is 6.15. The molecule has 0 radical (unpaired) electrons. The molecule has 2 aromatic rings.